The molecule has 0 N–H and O–H groups in total. The van der Waals surface area contributed by atoms with E-state index in [0.29, 0.717) is 0 Å². The molecule has 1 unspecified atom stereocenters. The molecule has 1 aliphatic rings. The first-order valence-corrected chi connectivity index (χ1v) is 8.04. The van der Waals surface area contributed by atoms with E-state index in [1.807, 2.05) is 11.7 Å². The third-order valence-electron chi connectivity index (χ3n) is 4.26. The molecule has 1 fully saturated rings. The largest absolute Gasteiger partial charge is 0.295 e. The molecule has 116 valence electrons. The first-order valence-electron chi connectivity index (χ1n) is 7.66. The van der Waals surface area contributed by atoms with E-state index in [1.54, 1.807) is 0 Å². The minimum absolute atomic E-state index is 0.0548. The zero-order valence-electron chi connectivity index (χ0n) is 13.1. The highest BCUT2D eigenvalue weighted by atomic mass is 35.5. The molecule has 2 heterocycles. The Bertz CT molecular complexity index is 511. The van der Waals surface area contributed by atoms with Crippen molar-refractivity contribution in [2.75, 3.05) is 26.2 Å². The maximum atomic E-state index is 9.15. The minimum Gasteiger partial charge on any atom is -0.295 e. The molecule has 0 aromatic carbocycles. The third-order valence-corrected chi connectivity index (χ3v) is 4.70. The Morgan fingerprint density at radius 1 is 1.29 bits per heavy atom. The molecule has 0 saturated carbocycles. The summed E-state index contributed by atoms with van der Waals surface area (Å²) in [5.41, 5.74) is 2.07. The first kappa shape index (κ1) is 16.3. The van der Waals surface area contributed by atoms with Gasteiger partial charge < -0.3 is 0 Å². The summed E-state index contributed by atoms with van der Waals surface area (Å²) in [7, 11) is 1.96. The predicted molar refractivity (Wildman–Crippen MR) is 84.1 cm³/mol. The number of aromatic nitrogens is 2. The summed E-state index contributed by atoms with van der Waals surface area (Å²) >= 11 is 6.41. The SMILES string of the molecule is CCc1nn(C)c(CN2CCN(C(C#N)CC)CC2)c1Cl. The molecule has 1 aromatic rings. The molecular weight excluding hydrogens is 286 g/mol. The van der Waals surface area contributed by atoms with Gasteiger partial charge in [-0.15, -0.1) is 0 Å². The van der Waals surface area contributed by atoms with Gasteiger partial charge in [0.1, 0.15) is 0 Å². The molecule has 0 bridgehead atoms. The standard InChI is InChI=1S/C15H24ClN5/c1-4-12(10-17)21-8-6-20(7-9-21)11-14-15(16)13(5-2)18-19(14)3/h12H,4-9,11H2,1-3H3. The Morgan fingerprint density at radius 3 is 2.43 bits per heavy atom. The van der Waals surface area contributed by atoms with Gasteiger partial charge in [0.25, 0.3) is 0 Å². The molecule has 0 aliphatic carbocycles. The summed E-state index contributed by atoms with van der Waals surface area (Å²) < 4.78 is 1.90. The van der Waals surface area contributed by atoms with Gasteiger partial charge in [-0.25, -0.2) is 0 Å². The molecule has 0 spiro atoms. The average Bonchev–Trinajstić information content (AvgIpc) is 2.77. The molecule has 1 aliphatic heterocycles. The lowest BCUT2D eigenvalue weighted by atomic mass is 10.2. The van der Waals surface area contributed by atoms with Crippen molar-refractivity contribution in [2.24, 2.45) is 7.05 Å². The Hall–Kier alpha value is -1.09. The Labute approximate surface area is 132 Å². The summed E-state index contributed by atoms with van der Waals surface area (Å²) in [6.07, 6.45) is 1.75. The van der Waals surface area contributed by atoms with Crippen LogP contribution in [-0.2, 0) is 20.0 Å². The number of halogens is 1. The lowest BCUT2D eigenvalue weighted by molar-refractivity contribution is 0.106. The maximum absolute atomic E-state index is 9.15. The van der Waals surface area contributed by atoms with Crippen LogP contribution >= 0.6 is 11.6 Å². The number of nitriles is 1. The van der Waals surface area contributed by atoms with Crippen molar-refractivity contribution in [2.45, 2.75) is 39.3 Å². The second-order valence-corrected chi connectivity index (χ2v) is 5.93. The topological polar surface area (TPSA) is 48.1 Å². The fourth-order valence-electron chi connectivity index (χ4n) is 2.87. The van der Waals surface area contributed by atoms with E-state index < -0.39 is 0 Å². The van der Waals surface area contributed by atoms with E-state index in [1.165, 1.54) is 0 Å². The fourth-order valence-corrected chi connectivity index (χ4v) is 3.22. The van der Waals surface area contributed by atoms with Gasteiger partial charge in [0, 0.05) is 39.8 Å². The van der Waals surface area contributed by atoms with Gasteiger partial charge in [-0.1, -0.05) is 25.4 Å². The molecule has 1 saturated heterocycles. The lowest BCUT2D eigenvalue weighted by Crippen LogP contribution is -2.49. The van der Waals surface area contributed by atoms with Crippen LogP contribution in [0.15, 0.2) is 0 Å². The summed E-state index contributed by atoms with van der Waals surface area (Å²) in [6.45, 7) is 8.82. The van der Waals surface area contributed by atoms with Crippen LogP contribution in [0, 0.1) is 11.3 Å². The average molecular weight is 310 g/mol. The zero-order chi connectivity index (χ0) is 15.4. The van der Waals surface area contributed by atoms with Crippen molar-refractivity contribution >= 4 is 11.6 Å². The molecule has 5 nitrogen and oxygen atoms in total. The number of rotatable bonds is 5. The van der Waals surface area contributed by atoms with Crippen molar-refractivity contribution in [3.05, 3.63) is 16.4 Å². The van der Waals surface area contributed by atoms with Crippen LogP contribution in [0.25, 0.3) is 0 Å². The Morgan fingerprint density at radius 2 is 1.95 bits per heavy atom. The molecule has 21 heavy (non-hydrogen) atoms. The smallest absolute Gasteiger partial charge is 0.0976 e. The van der Waals surface area contributed by atoms with Crippen molar-refractivity contribution in [3.63, 3.8) is 0 Å². The van der Waals surface area contributed by atoms with Crippen LogP contribution in [0.1, 0.15) is 31.7 Å². The van der Waals surface area contributed by atoms with E-state index in [2.05, 4.69) is 34.8 Å². The van der Waals surface area contributed by atoms with Crippen LogP contribution in [-0.4, -0.2) is 51.8 Å². The minimum atomic E-state index is 0.0548. The normalized spacial score (nSPS) is 18.6. The third kappa shape index (κ3) is 3.57. The summed E-state index contributed by atoms with van der Waals surface area (Å²) in [6, 6.07) is 2.44. The fraction of sp³-hybridized carbons (Fsp3) is 0.733. The second kappa shape index (κ2) is 7.26. The van der Waals surface area contributed by atoms with Gasteiger partial charge in [0.2, 0.25) is 0 Å². The molecule has 1 atom stereocenters. The number of aryl methyl sites for hydroxylation is 2. The zero-order valence-corrected chi connectivity index (χ0v) is 13.9. The van der Waals surface area contributed by atoms with E-state index >= 15 is 0 Å². The lowest BCUT2D eigenvalue weighted by Gasteiger charge is -2.36. The van der Waals surface area contributed by atoms with Crippen LogP contribution < -0.4 is 0 Å². The molecule has 2 rings (SSSR count). The predicted octanol–water partition coefficient (Wildman–Crippen LogP) is 2.06. The highest BCUT2D eigenvalue weighted by molar-refractivity contribution is 6.31. The van der Waals surface area contributed by atoms with Crippen molar-refractivity contribution in [1.82, 2.24) is 19.6 Å². The second-order valence-electron chi connectivity index (χ2n) is 5.55. The maximum Gasteiger partial charge on any atom is 0.0976 e. The van der Waals surface area contributed by atoms with E-state index in [9.17, 15) is 0 Å². The van der Waals surface area contributed by atoms with Gasteiger partial charge in [-0.2, -0.15) is 10.4 Å². The van der Waals surface area contributed by atoms with Crippen molar-refractivity contribution in [1.29, 1.82) is 5.26 Å². The highest BCUT2D eigenvalue weighted by Crippen LogP contribution is 2.23. The summed E-state index contributed by atoms with van der Waals surface area (Å²) in [5, 5.41) is 14.4. The van der Waals surface area contributed by atoms with Gasteiger partial charge in [0.05, 0.1) is 28.5 Å². The van der Waals surface area contributed by atoms with Gasteiger partial charge >= 0.3 is 0 Å². The Kier molecular flexibility index (Phi) is 5.63. The highest BCUT2D eigenvalue weighted by Gasteiger charge is 2.24. The van der Waals surface area contributed by atoms with Crippen LogP contribution in [0.3, 0.4) is 0 Å². The van der Waals surface area contributed by atoms with Gasteiger partial charge in [-0.3, -0.25) is 14.5 Å². The quantitative estimate of drug-likeness (QED) is 0.835. The van der Waals surface area contributed by atoms with Crippen molar-refractivity contribution < 1.29 is 0 Å². The van der Waals surface area contributed by atoms with Gasteiger partial charge in [0.15, 0.2) is 0 Å². The summed E-state index contributed by atoms with van der Waals surface area (Å²) in [5.74, 6) is 0. The van der Waals surface area contributed by atoms with E-state index in [0.717, 1.165) is 62.0 Å². The van der Waals surface area contributed by atoms with Crippen LogP contribution in [0.2, 0.25) is 5.02 Å². The number of nitrogens with zero attached hydrogens (tertiary/aromatic N) is 5. The van der Waals surface area contributed by atoms with Crippen LogP contribution in [0.5, 0.6) is 0 Å². The number of piperazine rings is 1. The van der Waals surface area contributed by atoms with E-state index in [-0.39, 0.29) is 6.04 Å². The first-order chi connectivity index (χ1) is 10.1. The van der Waals surface area contributed by atoms with Gasteiger partial charge in [-0.05, 0) is 12.8 Å². The van der Waals surface area contributed by atoms with Crippen molar-refractivity contribution in [3.8, 4) is 6.07 Å². The molecule has 0 radical (unpaired) electrons. The number of hydrogen-bond acceptors (Lipinski definition) is 4. The molecular formula is C15H24ClN5. The number of hydrogen-bond donors (Lipinski definition) is 0. The summed E-state index contributed by atoms with van der Waals surface area (Å²) in [4.78, 5) is 4.67. The monoisotopic (exact) mass is 309 g/mol. The van der Waals surface area contributed by atoms with Crippen LogP contribution in [0.4, 0.5) is 0 Å². The molecule has 6 heteroatoms. The van der Waals surface area contributed by atoms with E-state index in [4.69, 9.17) is 16.9 Å². The molecule has 0 amide bonds. The Balaban J connectivity index is 1.95. The molecule has 1 aromatic heterocycles.